The van der Waals surface area contributed by atoms with Crippen LogP contribution in [-0.2, 0) is 50.1 Å². The van der Waals surface area contributed by atoms with Gasteiger partial charge in [0.15, 0.2) is 5.82 Å². The Hall–Kier alpha value is -4.90. The lowest BCUT2D eigenvalue weighted by Gasteiger charge is -2.35. The molecule has 1 aliphatic rings. The minimum absolute atomic E-state index is 0.0797. The highest BCUT2D eigenvalue weighted by molar-refractivity contribution is 5.65. The summed E-state index contributed by atoms with van der Waals surface area (Å²) < 4.78 is 35.7. The fraction of sp³-hybridized carbons (Fsp3) is 0.231. The van der Waals surface area contributed by atoms with Crippen molar-refractivity contribution in [1.29, 1.82) is 0 Å². The van der Waals surface area contributed by atoms with Gasteiger partial charge in [-0.25, -0.2) is 9.50 Å². The minimum atomic E-state index is -1.37. The fourth-order valence-corrected chi connectivity index (χ4v) is 6.04. The van der Waals surface area contributed by atoms with Gasteiger partial charge >= 0.3 is 0 Å². The van der Waals surface area contributed by atoms with Crippen LogP contribution in [0.4, 0.5) is 5.82 Å². The van der Waals surface area contributed by atoms with E-state index in [2.05, 4.69) is 10.1 Å². The van der Waals surface area contributed by atoms with Crippen LogP contribution in [0.5, 0.6) is 0 Å². The smallest absolute Gasteiger partial charge is 0.222 e. The van der Waals surface area contributed by atoms with E-state index in [4.69, 9.17) is 29.4 Å². The van der Waals surface area contributed by atoms with E-state index in [0.717, 1.165) is 27.9 Å². The monoisotopic (exact) mass is 642 g/mol. The van der Waals surface area contributed by atoms with Crippen molar-refractivity contribution in [3.05, 3.63) is 168 Å². The fourth-order valence-electron chi connectivity index (χ4n) is 6.04. The molecule has 0 aliphatic carbocycles. The second kappa shape index (κ2) is 14.9. The molecule has 0 radical (unpaired) electrons. The molecule has 2 N–H and O–H groups in total. The third-order valence-electron chi connectivity index (χ3n) is 8.46. The molecule has 4 atom stereocenters. The third kappa shape index (κ3) is 7.16. The van der Waals surface area contributed by atoms with Gasteiger partial charge in [-0.15, -0.1) is 0 Å². The predicted octanol–water partition coefficient (Wildman–Crippen LogP) is 6.68. The summed E-state index contributed by atoms with van der Waals surface area (Å²) in [5.74, 6) is -1.00. The molecule has 0 saturated carbocycles. The number of ether oxygens (including phenoxy) is 5. The molecule has 48 heavy (non-hydrogen) atoms. The van der Waals surface area contributed by atoms with Crippen LogP contribution in [0.2, 0.25) is 0 Å². The number of nitrogen functional groups attached to an aromatic ring is 1. The number of nitrogens with two attached hydrogens (primary N) is 1. The van der Waals surface area contributed by atoms with Crippen LogP contribution in [0, 0.1) is 0 Å². The van der Waals surface area contributed by atoms with Gasteiger partial charge in [-0.3, -0.25) is 0 Å². The lowest BCUT2D eigenvalue weighted by Crippen LogP contribution is -2.51. The highest BCUT2D eigenvalue weighted by Gasteiger charge is 2.59. The Morgan fingerprint density at radius 3 is 1.79 bits per heavy atom. The highest BCUT2D eigenvalue weighted by Crippen LogP contribution is 2.46. The number of hydrogen-bond donors (Lipinski definition) is 1. The van der Waals surface area contributed by atoms with Crippen LogP contribution in [0.25, 0.3) is 5.52 Å². The van der Waals surface area contributed by atoms with Gasteiger partial charge in [0.1, 0.15) is 36.8 Å². The second-order valence-corrected chi connectivity index (χ2v) is 11.8. The molecular weight excluding hydrogens is 604 g/mol. The topological polar surface area (TPSA) is 102 Å². The summed E-state index contributed by atoms with van der Waals surface area (Å²) in [5, 5.41) is 4.54. The van der Waals surface area contributed by atoms with Crippen LogP contribution < -0.4 is 5.73 Å². The first-order chi connectivity index (χ1) is 23.7. The summed E-state index contributed by atoms with van der Waals surface area (Å²) in [6, 6.07) is 44.0. The molecule has 1 fully saturated rings. The van der Waals surface area contributed by atoms with Crippen LogP contribution in [0.3, 0.4) is 0 Å². The van der Waals surface area contributed by atoms with E-state index in [1.807, 2.05) is 133 Å². The molecule has 7 rings (SSSR count). The Morgan fingerprint density at radius 1 is 0.646 bits per heavy atom. The average Bonchev–Trinajstić information content (AvgIpc) is 3.70. The van der Waals surface area contributed by atoms with Crippen LogP contribution >= 0.6 is 0 Å². The molecule has 2 aromatic heterocycles. The van der Waals surface area contributed by atoms with Crippen molar-refractivity contribution in [2.75, 3.05) is 12.3 Å². The zero-order valence-corrected chi connectivity index (χ0v) is 26.5. The van der Waals surface area contributed by atoms with Gasteiger partial charge in [-0.1, -0.05) is 121 Å². The number of benzene rings is 4. The molecule has 9 heteroatoms. The first-order valence-corrected chi connectivity index (χ1v) is 16.0. The van der Waals surface area contributed by atoms with Crippen LogP contribution in [0.15, 0.2) is 140 Å². The lowest BCUT2D eigenvalue weighted by atomic mass is 10.0. The second-order valence-electron chi connectivity index (χ2n) is 11.8. The summed E-state index contributed by atoms with van der Waals surface area (Å²) in [7, 11) is 0. The van der Waals surface area contributed by atoms with Crippen molar-refractivity contribution in [3.8, 4) is 0 Å². The molecule has 0 bridgehead atoms. The summed E-state index contributed by atoms with van der Waals surface area (Å²) in [4.78, 5) is 4.19. The molecule has 3 heterocycles. The molecule has 1 saturated heterocycles. The number of nitrogens with zero attached hydrogens (tertiary/aromatic N) is 3. The van der Waals surface area contributed by atoms with E-state index in [-0.39, 0.29) is 13.2 Å². The van der Waals surface area contributed by atoms with Gasteiger partial charge in [0.25, 0.3) is 0 Å². The summed E-state index contributed by atoms with van der Waals surface area (Å²) in [6.07, 6.45) is -0.566. The van der Waals surface area contributed by atoms with Crippen LogP contribution in [0.1, 0.15) is 34.1 Å². The standard InChI is InChI=1S/C39H38N4O5/c40-38-34-22-21-33(43(34)42-28-41-38)35-36(45-24-30-15-7-2-8-16-30)37(46-25-31-17-9-3-10-18-31)39(48-35,47-26-32-19-11-4-12-20-32)27-44-23-29-13-5-1-6-14-29/h1-22,28,35-37H,23-27H2,(H2,40,41,42)/t35?,36-,37-,39+/m0/s1. The number of fused-ring (bicyclic) bond motifs is 1. The zero-order chi connectivity index (χ0) is 32.6. The average molecular weight is 643 g/mol. The molecule has 0 amide bonds. The Bertz CT molecular complexity index is 1870. The minimum Gasteiger partial charge on any atom is -0.382 e. The zero-order valence-electron chi connectivity index (χ0n) is 26.5. The SMILES string of the molecule is Nc1ncnn2c(C3O[C@@](COCc4ccccc4)(OCc4ccccc4)[C@@H](OCc4ccccc4)[C@H]3OCc3ccccc3)ccc12. The van der Waals surface area contributed by atoms with Crippen molar-refractivity contribution in [3.63, 3.8) is 0 Å². The van der Waals surface area contributed by atoms with Crippen molar-refractivity contribution in [2.24, 2.45) is 0 Å². The first-order valence-electron chi connectivity index (χ1n) is 16.0. The van der Waals surface area contributed by atoms with Crippen molar-refractivity contribution >= 4 is 11.3 Å². The molecule has 1 aliphatic heterocycles. The molecule has 244 valence electrons. The lowest BCUT2D eigenvalue weighted by molar-refractivity contribution is -0.296. The highest BCUT2D eigenvalue weighted by atomic mass is 16.8. The molecule has 1 unspecified atom stereocenters. The molecule has 0 spiro atoms. The molecule has 6 aromatic rings. The van der Waals surface area contributed by atoms with E-state index in [1.54, 1.807) is 4.52 Å². The third-order valence-corrected chi connectivity index (χ3v) is 8.46. The number of rotatable bonds is 14. The number of aromatic nitrogens is 3. The molecule has 4 aromatic carbocycles. The molecular formula is C39H38N4O5. The van der Waals surface area contributed by atoms with Gasteiger partial charge in [0.05, 0.1) is 32.1 Å². The molecule has 9 nitrogen and oxygen atoms in total. The maximum atomic E-state index is 7.08. The van der Waals surface area contributed by atoms with Crippen LogP contribution in [-0.4, -0.2) is 39.2 Å². The Balaban J connectivity index is 1.29. The quantitative estimate of drug-likeness (QED) is 0.140. The van der Waals surface area contributed by atoms with Gasteiger partial charge in [0, 0.05) is 0 Å². The largest absolute Gasteiger partial charge is 0.382 e. The Morgan fingerprint density at radius 2 is 1.19 bits per heavy atom. The van der Waals surface area contributed by atoms with Gasteiger partial charge < -0.3 is 29.4 Å². The van der Waals surface area contributed by atoms with Gasteiger partial charge in [-0.05, 0) is 34.4 Å². The van der Waals surface area contributed by atoms with E-state index in [1.165, 1.54) is 6.33 Å². The van der Waals surface area contributed by atoms with E-state index < -0.39 is 24.1 Å². The summed E-state index contributed by atoms with van der Waals surface area (Å²) >= 11 is 0. The van der Waals surface area contributed by atoms with Gasteiger partial charge in [0.2, 0.25) is 5.79 Å². The first kappa shape index (κ1) is 31.7. The summed E-state index contributed by atoms with van der Waals surface area (Å²) in [5.41, 5.74) is 11.7. The Kier molecular flexibility index (Phi) is 9.83. The van der Waals surface area contributed by atoms with Crippen molar-refractivity contribution in [1.82, 2.24) is 14.6 Å². The Labute approximate surface area is 279 Å². The van der Waals surface area contributed by atoms with Crippen molar-refractivity contribution < 1.29 is 23.7 Å². The maximum Gasteiger partial charge on any atom is 0.222 e. The van der Waals surface area contributed by atoms with E-state index in [9.17, 15) is 0 Å². The number of anilines is 1. The van der Waals surface area contributed by atoms with Crippen molar-refractivity contribution in [2.45, 2.75) is 50.5 Å². The number of hydrogen-bond acceptors (Lipinski definition) is 8. The van der Waals surface area contributed by atoms with E-state index in [0.29, 0.717) is 31.2 Å². The predicted molar refractivity (Wildman–Crippen MR) is 181 cm³/mol. The van der Waals surface area contributed by atoms with Gasteiger partial charge in [-0.2, -0.15) is 5.10 Å². The van der Waals surface area contributed by atoms with E-state index >= 15 is 0 Å². The summed E-state index contributed by atoms with van der Waals surface area (Å²) in [6.45, 7) is 1.35. The normalized spacial score (nSPS) is 20.7. The maximum absolute atomic E-state index is 7.08.